The van der Waals surface area contributed by atoms with Crippen molar-refractivity contribution in [2.75, 3.05) is 17.7 Å². The summed E-state index contributed by atoms with van der Waals surface area (Å²) in [4.78, 5) is 36.5. The maximum absolute atomic E-state index is 13.3. The molecule has 3 aromatic rings. The molecule has 0 aliphatic carbocycles. The Hall–Kier alpha value is -3.72. The van der Waals surface area contributed by atoms with Gasteiger partial charge in [0.05, 0.1) is 17.0 Å². The molecule has 2 aromatic carbocycles. The number of aryl methyl sites for hydroxylation is 1. The summed E-state index contributed by atoms with van der Waals surface area (Å²) in [5.74, 6) is -1.22. The van der Waals surface area contributed by atoms with Gasteiger partial charge in [0.15, 0.2) is 0 Å². The van der Waals surface area contributed by atoms with Gasteiger partial charge in [0, 0.05) is 17.8 Å². The Labute approximate surface area is 182 Å². The van der Waals surface area contributed by atoms with Crippen molar-refractivity contribution in [3.8, 4) is 0 Å². The normalized spacial score (nSPS) is 10.3. The van der Waals surface area contributed by atoms with Crippen molar-refractivity contribution in [2.24, 2.45) is 0 Å². The van der Waals surface area contributed by atoms with E-state index in [9.17, 15) is 18.8 Å². The summed E-state index contributed by atoms with van der Waals surface area (Å²) < 4.78 is 17.8. The zero-order valence-corrected chi connectivity index (χ0v) is 17.6. The number of carbonyl (C=O) groups excluding carboxylic acids is 3. The maximum atomic E-state index is 13.3. The highest BCUT2D eigenvalue weighted by molar-refractivity contribution is 7.18. The Kier molecular flexibility index (Phi) is 6.99. The number of halogens is 1. The molecule has 0 saturated heterocycles. The lowest BCUT2D eigenvalue weighted by Gasteiger charge is -2.07. The van der Waals surface area contributed by atoms with Gasteiger partial charge in [0.1, 0.15) is 5.82 Å². The molecule has 31 heavy (non-hydrogen) atoms. The summed E-state index contributed by atoms with van der Waals surface area (Å²) in [7, 11) is 1.28. The number of benzene rings is 2. The first-order valence-corrected chi connectivity index (χ1v) is 10.1. The number of amides is 3. The van der Waals surface area contributed by atoms with Crippen LogP contribution in [0.25, 0.3) is 0 Å². The fourth-order valence-corrected chi connectivity index (χ4v) is 3.70. The van der Waals surface area contributed by atoms with E-state index >= 15 is 0 Å². The molecule has 160 valence electrons. The van der Waals surface area contributed by atoms with E-state index in [1.54, 1.807) is 37.3 Å². The molecule has 0 aliphatic heterocycles. The maximum Gasteiger partial charge on any atom is 0.411 e. The molecule has 7 nitrogen and oxygen atoms in total. The smallest absolute Gasteiger partial charge is 0.411 e. The Morgan fingerprint density at radius 2 is 1.74 bits per heavy atom. The van der Waals surface area contributed by atoms with Gasteiger partial charge >= 0.3 is 6.09 Å². The van der Waals surface area contributed by atoms with Gasteiger partial charge < -0.3 is 15.4 Å². The second-order valence-corrected chi connectivity index (χ2v) is 7.64. The quantitative estimate of drug-likeness (QED) is 0.523. The van der Waals surface area contributed by atoms with Crippen LogP contribution < -0.4 is 16.0 Å². The molecule has 9 heteroatoms. The second-order valence-electron chi connectivity index (χ2n) is 6.58. The van der Waals surface area contributed by atoms with Crippen LogP contribution in [0.2, 0.25) is 0 Å². The largest absolute Gasteiger partial charge is 0.453 e. The molecule has 0 unspecified atom stereocenters. The van der Waals surface area contributed by atoms with E-state index in [0.29, 0.717) is 22.1 Å². The van der Waals surface area contributed by atoms with E-state index in [1.165, 1.54) is 25.3 Å². The summed E-state index contributed by atoms with van der Waals surface area (Å²) in [5.41, 5.74) is 2.34. The monoisotopic (exact) mass is 441 g/mol. The number of carbonyl (C=O) groups is 3. The van der Waals surface area contributed by atoms with Crippen molar-refractivity contribution in [1.29, 1.82) is 0 Å². The van der Waals surface area contributed by atoms with Gasteiger partial charge in [0.2, 0.25) is 0 Å². The zero-order valence-electron chi connectivity index (χ0n) is 16.8. The fourth-order valence-electron chi connectivity index (χ4n) is 2.72. The number of hydrogen-bond donors (Lipinski definition) is 3. The van der Waals surface area contributed by atoms with E-state index in [-0.39, 0.29) is 11.5 Å². The first-order chi connectivity index (χ1) is 14.9. The molecule has 0 saturated carbocycles. The van der Waals surface area contributed by atoms with E-state index in [4.69, 9.17) is 0 Å². The third-order valence-electron chi connectivity index (χ3n) is 4.29. The molecule has 3 N–H and O–H groups in total. The van der Waals surface area contributed by atoms with Crippen LogP contribution in [0, 0.1) is 12.7 Å². The highest BCUT2D eigenvalue weighted by Crippen LogP contribution is 2.27. The minimum Gasteiger partial charge on any atom is -0.453 e. The van der Waals surface area contributed by atoms with E-state index in [1.807, 2.05) is 0 Å². The number of methoxy groups -OCH3 is 1. The van der Waals surface area contributed by atoms with Crippen LogP contribution in [0.3, 0.4) is 0 Å². The lowest BCUT2D eigenvalue weighted by atomic mass is 10.2. The van der Waals surface area contributed by atoms with Crippen molar-refractivity contribution in [3.05, 3.63) is 82.0 Å². The Bertz CT molecular complexity index is 1110. The molecule has 3 rings (SSSR count). The molecule has 1 aromatic heterocycles. The first kappa shape index (κ1) is 22.0. The SMILES string of the molecule is COC(=O)Nc1ccc(CNC(=O)c2sc(NC(=O)c3cccc(F)c3)cc2C)cc1. The summed E-state index contributed by atoms with van der Waals surface area (Å²) in [5, 5.41) is 8.56. The van der Waals surface area contributed by atoms with Crippen molar-refractivity contribution in [1.82, 2.24) is 5.32 Å². The molecule has 0 atom stereocenters. The standard InChI is InChI=1S/C22H20FN3O4S/c1-13-10-18(26-20(27)15-4-3-5-16(23)11-15)31-19(13)21(28)24-12-14-6-8-17(9-7-14)25-22(29)30-2/h3-11H,12H2,1-2H3,(H,24,28)(H,25,29)(H,26,27). The fraction of sp³-hybridized carbons (Fsp3) is 0.136. The summed E-state index contributed by atoms with van der Waals surface area (Å²) in [6.07, 6.45) is -0.561. The average molecular weight is 441 g/mol. The van der Waals surface area contributed by atoms with Gasteiger partial charge in [-0.1, -0.05) is 18.2 Å². The van der Waals surface area contributed by atoms with Crippen molar-refractivity contribution in [3.63, 3.8) is 0 Å². The Morgan fingerprint density at radius 3 is 2.42 bits per heavy atom. The Morgan fingerprint density at radius 1 is 1.00 bits per heavy atom. The molecule has 3 amide bonds. The van der Waals surface area contributed by atoms with Crippen LogP contribution in [0.15, 0.2) is 54.6 Å². The minimum absolute atomic E-state index is 0.196. The molecule has 0 spiro atoms. The highest BCUT2D eigenvalue weighted by Gasteiger charge is 2.16. The topological polar surface area (TPSA) is 96.5 Å². The average Bonchev–Trinajstić information content (AvgIpc) is 3.12. The molecular weight excluding hydrogens is 421 g/mol. The van der Waals surface area contributed by atoms with Crippen LogP contribution in [-0.4, -0.2) is 25.0 Å². The number of thiophene rings is 1. The van der Waals surface area contributed by atoms with Gasteiger partial charge in [-0.25, -0.2) is 9.18 Å². The zero-order chi connectivity index (χ0) is 22.4. The molecule has 0 fully saturated rings. The predicted octanol–water partition coefficient (Wildman–Crippen LogP) is 4.56. The van der Waals surface area contributed by atoms with Gasteiger partial charge in [0.25, 0.3) is 11.8 Å². The number of ether oxygens (including phenoxy) is 1. The predicted molar refractivity (Wildman–Crippen MR) is 117 cm³/mol. The minimum atomic E-state index is -0.561. The van der Waals surface area contributed by atoms with Crippen LogP contribution in [-0.2, 0) is 11.3 Å². The van der Waals surface area contributed by atoms with Crippen LogP contribution in [0.5, 0.6) is 0 Å². The summed E-state index contributed by atoms with van der Waals surface area (Å²) >= 11 is 1.14. The molecule has 0 aliphatic rings. The van der Waals surface area contributed by atoms with Crippen LogP contribution >= 0.6 is 11.3 Å². The third-order valence-corrected chi connectivity index (χ3v) is 5.44. The summed E-state index contributed by atoms with van der Waals surface area (Å²) in [6.45, 7) is 2.07. The highest BCUT2D eigenvalue weighted by atomic mass is 32.1. The molecule has 1 heterocycles. The lowest BCUT2D eigenvalue weighted by molar-refractivity contribution is 0.0953. The van der Waals surface area contributed by atoms with E-state index in [0.717, 1.165) is 28.5 Å². The first-order valence-electron chi connectivity index (χ1n) is 9.25. The van der Waals surface area contributed by atoms with E-state index < -0.39 is 17.8 Å². The van der Waals surface area contributed by atoms with Gasteiger partial charge in [-0.2, -0.15) is 0 Å². The Balaban J connectivity index is 1.59. The molecule has 0 radical (unpaired) electrons. The molecular formula is C22H20FN3O4S. The van der Waals surface area contributed by atoms with Gasteiger partial charge in [-0.05, 0) is 54.4 Å². The van der Waals surface area contributed by atoms with E-state index in [2.05, 4.69) is 20.7 Å². The van der Waals surface area contributed by atoms with Crippen molar-refractivity contribution < 1.29 is 23.5 Å². The number of rotatable bonds is 6. The number of hydrogen-bond acceptors (Lipinski definition) is 5. The summed E-state index contributed by atoms with van der Waals surface area (Å²) in [6, 6.07) is 14.0. The van der Waals surface area contributed by atoms with Crippen molar-refractivity contribution in [2.45, 2.75) is 13.5 Å². The van der Waals surface area contributed by atoms with Crippen LogP contribution in [0.1, 0.15) is 31.2 Å². The second kappa shape index (κ2) is 9.86. The molecule has 0 bridgehead atoms. The lowest BCUT2D eigenvalue weighted by Crippen LogP contribution is -2.22. The van der Waals surface area contributed by atoms with Gasteiger partial charge in [-0.3, -0.25) is 14.9 Å². The number of nitrogens with one attached hydrogen (secondary N) is 3. The van der Waals surface area contributed by atoms with Crippen molar-refractivity contribution >= 4 is 39.9 Å². The number of anilines is 2. The van der Waals surface area contributed by atoms with Crippen LogP contribution in [0.4, 0.5) is 19.9 Å². The van der Waals surface area contributed by atoms with Gasteiger partial charge in [-0.15, -0.1) is 11.3 Å². The third kappa shape index (κ3) is 5.89.